The van der Waals surface area contributed by atoms with Gasteiger partial charge < -0.3 is 14.8 Å². The number of hydrogen-bond donors (Lipinski definition) is 0. The zero-order valence-electron chi connectivity index (χ0n) is 13.9. The van der Waals surface area contributed by atoms with Crippen molar-refractivity contribution < 1.29 is 14.4 Å². The van der Waals surface area contributed by atoms with E-state index in [4.69, 9.17) is 16.3 Å². The van der Waals surface area contributed by atoms with Crippen LogP contribution in [0, 0.1) is 5.21 Å². The molecule has 1 amide bonds. The lowest BCUT2D eigenvalue weighted by atomic mass is 9.99. The Labute approximate surface area is 150 Å². The van der Waals surface area contributed by atoms with E-state index >= 15 is 0 Å². The molecule has 0 atom stereocenters. The third-order valence-corrected chi connectivity index (χ3v) is 4.29. The Balaban J connectivity index is 1.73. The summed E-state index contributed by atoms with van der Waals surface area (Å²) in [6, 6.07) is 5.39. The Hall–Kier alpha value is -2.41. The zero-order valence-corrected chi connectivity index (χ0v) is 14.7. The van der Waals surface area contributed by atoms with Gasteiger partial charge in [-0.3, -0.25) is 0 Å². The molecule has 0 bridgehead atoms. The average molecular weight is 363 g/mol. The van der Waals surface area contributed by atoms with Crippen molar-refractivity contribution >= 4 is 34.3 Å². The highest BCUT2D eigenvalue weighted by atomic mass is 35.5. The van der Waals surface area contributed by atoms with Crippen LogP contribution in [-0.4, -0.2) is 40.8 Å². The first-order valence-corrected chi connectivity index (χ1v) is 8.64. The van der Waals surface area contributed by atoms with Gasteiger partial charge in [0, 0.05) is 24.3 Å². The molecule has 0 aliphatic carbocycles. The number of carbonyl (C=O) groups is 1. The van der Waals surface area contributed by atoms with Gasteiger partial charge in [0.25, 0.3) is 10.8 Å². The molecule has 1 aliphatic rings. The Bertz CT molecular complexity index is 825. The summed E-state index contributed by atoms with van der Waals surface area (Å²) in [6.45, 7) is 3.59. The number of rotatable bonds is 4. The number of amides is 1. The minimum Gasteiger partial charge on any atom is -0.594 e. The summed E-state index contributed by atoms with van der Waals surface area (Å²) >= 11 is 5.70. The quantitative estimate of drug-likeness (QED) is 0.474. The van der Waals surface area contributed by atoms with E-state index in [1.807, 2.05) is 12.1 Å². The second-order valence-corrected chi connectivity index (χ2v) is 6.19. The van der Waals surface area contributed by atoms with Crippen molar-refractivity contribution in [1.82, 2.24) is 15.0 Å². The van der Waals surface area contributed by atoms with Crippen LogP contribution in [0.5, 0.6) is 0 Å². The van der Waals surface area contributed by atoms with E-state index in [2.05, 4.69) is 17.0 Å². The van der Waals surface area contributed by atoms with Crippen molar-refractivity contribution in [2.45, 2.75) is 26.2 Å². The van der Waals surface area contributed by atoms with Crippen LogP contribution >= 0.6 is 11.6 Å². The molecule has 0 spiro atoms. The maximum absolute atomic E-state index is 12.0. The highest BCUT2D eigenvalue weighted by Gasteiger charge is 2.20. The first-order chi connectivity index (χ1) is 12.1. The lowest BCUT2D eigenvalue weighted by molar-refractivity contribution is -0.642. The number of halogens is 1. The van der Waals surface area contributed by atoms with Gasteiger partial charge in [-0.05, 0) is 46.5 Å². The van der Waals surface area contributed by atoms with Gasteiger partial charge in [0.15, 0.2) is 0 Å². The van der Waals surface area contributed by atoms with E-state index in [1.54, 1.807) is 17.0 Å². The fourth-order valence-electron chi connectivity index (χ4n) is 2.71. The standard InChI is InChI=1S/C17H19ClN4O3/c1-2-3-10-25-17(23)21-8-6-12(7-9-21)13-4-5-14-15(11-13)22(24)20-16(18)19-14/h4-6,11H,2-3,7-10H2,1H3. The van der Waals surface area contributed by atoms with Gasteiger partial charge in [-0.25, -0.2) is 9.78 Å². The predicted molar refractivity (Wildman–Crippen MR) is 93.9 cm³/mol. The second-order valence-electron chi connectivity index (χ2n) is 5.85. The number of aromatic nitrogens is 3. The van der Waals surface area contributed by atoms with Crippen molar-refractivity contribution in [3.63, 3.8) is 0 Å². The molecule has 0 N–H and O–H groups in total. The van der Waals surface area contributed by atoms with Crippen LogP contribution in [0.2, 0.25) is 5.28 Å². The Kier molecular flexibility index (Phi) is 5.33. The molecule has 0 saturated carbocycles. The van der Waals surface area contributed by atoms with Crippen LogP contribution in [0.3, 0.4) is 0 Å². The van der Waals surface area contributed by atoms with Gasteiger partial charge in [0.05, 0.1) is 6.61 Å². The smallest absolute Gasteiger partial charge is 0.410 e. The molecule has 7 nitrogen and oxygen atoms in total. The summed E-state index contributed by atoms with van der Waals surface area (Å²) in [5, 5.41) is 15.4. The molecular formula is C17H19ClN4O3. The Morgan fingerprint density at radius 3 is 3.04 bits per heavy atom. The molecule has 0 radical (unpaired) electrons. The molecule has 0 saturated heterocycles. The summed E-state index contributed by atoms with van der Waals surface area (Å²) in [5.41, 5.74) is 2.86. The molecule has 8 heteroatoms. The SMILES string of the molecule is CCCCOC(=O)N1CC=C(c2ccc3nc(Cl)n[n+]([O-])c3c2)CC1. The number of fused-ring (bicyclic) bond motifs is 1. The van der Waals surface area contributed by atoms with Crippen molar-refractivity contribution in [2.75, 3.05) is 19.7 Å². The summed E-state index contributed by atoms with van der Waals surface area (Å²) in [5.74, 6) is 0. The van der Waals surface area contributed by atoms with Gasteiger partial charge in [-0.1, -0.05) is 25.5 Å². The topological polar surface area (TPSA) is 82.3 Å². The van der Waals surface area contributed by atoms with E-state index in [0.717, 1.165) is 24.0 Å². The average Bonchev–Trinajstić information content (AvgIpc) is 2.61. The van der Waals surface area contributed by atoms with Crippen LogP contribution in [0.15, 0.2) is 24.3 Å². The largest absolute Gasteiger partial charge is 0.594 e. The third kappa shape index (κ3) is 3.99. The van der Waals surface area contributed by atoms with Gasteiger partial charge in [0.2, 0.25) is 0 Å². The molecule has 132 valence electrons. The summed E-state index contributed by atoms with van der Waals surface area (Å²) < 4.78 is 5.23. The molecule has 1 aliphatic heterocycles. The number of hydrogen-bond acceptors (Lipinski definition) is 5. The van der Waals surface area contributed by atoms with Crippen molar-refractivity contribution in [3.8, 4) is 0 Å². The summed E-state index contributed by atoms with van der Waals surface area (Å²) in [7, 11) is 0. The van der Waals surface area contributed by atoms with Crippen LogP contribution in [0.4, 0.5) is 4.79 Å². The minimum atomic E-state index is -0.275. The van der Waals surface area contributed by atoms with E-state index in [0.29, 0.717) is 42.0 Å². The van der Waals surface area contributed by atoms with Gasteiger partial charge in [0.1, 0.15) is 5.52 Å². The summed E-state index contributed by atoms with van der Waals surface area (Å²) in [6.07, 6.45) is 4.27. The fraction of sp³-hybridized carbons (Fsp3) is 0.412. The van der Waals surface area contributed by atoms with Gasteiger partial charge >= 0.3 is 6.09 Å². The number of unbranched alkanes of at least 4 members (excludes halogenated alkanes) is 1. The molecule has 0 fully saturated rings. The maximum atomic E-state index is 12.0. The van der Waals surface area contributed by atoms with Gasteiger partial charge in [-0.2, -0.15) is 0 Å². The van der Waals surface area contributed by atoms with E-state index in [1.165, 1.54) is 0 Å². The highest BCUT2D eigenvalue weighted by molar-refractivity contribution is 6.28. The first-order valence-electron chi connectivity index (χ1n) is 8.26. The molecule has 0 unspecified atom stereocenters. The Morgan fingerprint density at radius 2 is 2.32 bits per heavy atom. The van der Waals surface area contributed by atoms with Crippen molar-refractivity contribution in [3.05, 3.63) is 40.3 Å². The molecule has 1 aromatic carbocycles. The molecule has 25 heavy (non-hydrogen) atoms. The van der Waals surface area contributed by atoms with Crippen LogP contribution in [0.25, 0.3) is 16.6 Å². The molecular weight excluding hydrogens is 344 g/mol. The van der Waals surface area contributed by atoms with Crippen LogP contribution in [-0.2, 0) is 4.74 Å². The lowest BCUT2D eigenvalue weighted by Crippen LogP contribution is -2.35. The zero-order chi connectivity index (χ0) is 17.8. The van der Waals surface area contributed by atoms with Crippen molar-refractivity contribution in [2.24, 2.45) is 0 Å². The number of ether oxygens (including phenoxy) is 1. The van der Waals surface area contributed by atoms with Crippen LogP contribution in [0.1, 0.15) is 31.7 Å². The normalized spacial score (nSPS) is 14.5. The minimum absolute atomic E-state index is 0.0793. The molecule has 3 rings (SSSR count). The third-order valence-electron chi connectivity index (χ3n) is 4.13. The highest BCUT2D eigenvalue weighted by Crippen LogP contribution is 2.24. The molecule has 2 heterocycles. The van der Waals surface area contributed by atoms with Crippen LogP contribution < -0.4 is 4.85 Å². The maximum Gasteiger partial charge on any atom is 0.410 e. The monoisotopic (exact) mass is 362 g/mol. The molecule has 1 aromatic heterocycles. The number of carbonyl (C=O) groups excluding carboxylic acids is 1. The van der Waals surface area contributed by atoms with Gasteiger partial charge in [-0.15, -0.1) is 0 Å². The van der Waals surface area contributed by atoms with Crippen molar-refractivity contribution in [1.29, 1.82) is 0 Å². The number of benzene rings is 1. The first kappa shape index (κ1) is 17.4. The molecule has 2 aromatic rings. The summed E-state index contributed by atoms with van der Waals surface area (Å²) in [4.78, 5) is 18.2. The number of nitrogens with zero attached hydrogens (tertiary/aromatic N) is 4. The Morgan fingerprint density at radius 1 is 1.48 bits per heavy atom. The van der Waals surface area contributed by atoms with E-state index < -0.39 is 0 Å². The predicted octanol–water partition coefficient (Wildman–Crippen LogP) is 2.94. The second kappa shape index (κ2) is 7.65. The fourth-order valence-corrected chi connectivity index (χ4v) is 2.87. The van der Waals surface area contributed by atoms with E-state index in [-0.39, 0.29) is 11.4 Å². The lowest BCUT2D eigenvalue weighted by Gasteiger charge is -2.26. The van der Waals surface area contributed by atoms with E-state index in [9.17, 15) is 10.0 Å².